The summed E-state index contributed by atoms with van der Waals surface area (Å²) in [7, 11) is 1.38. The predicted molar refractivity (Wildman–Crippen MR) is 36.4 cm³/mol. The number of ether oxygens (including phenoxy) is 1. The minimum atomic E-state index is -0.215. The highest BCUT2D eigenvalue weighted by Gasteiger charge is 2.27. The lowest BCUT2D eigenvalue weighted by Crippen LogP contribution is -2.31. The van der Waals surface area contributed by atoms with Gasteiger partial charge in [-0.1, -0.05) is 0 Å². The van der Waals surface area contributed by atoms with Crippen molar-refractivity contribution in [1.29, 1.82) is 0 Å². The summed E-state index contributed by atoms with van der Waals surface area (Å²) in [5.41, 5.74) is 5.55. The van der Waals surface area contributed by atoms with E-state index in [1.54, 1.807) is 0 Å². The van der Waals surface area contributed by atoms with Crippen molar-refractivity contribution in [1.82, 2.24) is 5.32 Å². The molecule has 1 aliphatic rings. The number of carbonyl (C=O) groups is 1. The summed E-state index contributed by atoms with van der Waals surface area (Å²) in [6.07, 6.45) is 0.687. The molecule has 1 rings (SSSR count). The molecule has 0 aromatic rings. The highest BCUT2D eigenvalue weighted by molar-refractivity contribution is 5.76. The lowest BCUT2D eigenvalue weighted by molar-refractivity contribution is -0.142. The molecule has 1 fully saturated rings. The first-order valence-corrected chi connectivity index (χ1v) is 3.31. The second kappa shape index (κ2) is 2.98. The van der Waals surface area contributed by atoms with E-state index >= 15 is 0 Å². The van der Waals surface area contributed by atoms with Crippen molar-refractivity contribution < 1.29 is 9.53 Å². The van der Waals surface area contributed by atoms with Gasteiger partial charge in [-0.25, -0.2) is 0 Å². The van der Waals surface area contributed by atoms with Gasteiger partial charge in [-0.3, -0.25) is 4.79 Å². The van der Waals surface area contributed by atoms with E-state index in [-0.39, 0.29) is 18.1 Å². The first-order chi connectivity index (χ1) is 4.74. The summed E-state index contributed by atoms with van der Waals surface area (Å²) >= 11 is 0. The molecule has 1 saturated heterocycles. The Hall–Kier alpha value is -0.610. The van der Waals surface area contributed by atoms with Crippen LogP contribution in [0.15, 0.2) is 0 Å². The zero-order valence-electron chi connectivity index (χ0n) is 5.96. The highest BCUT2D eigenvalue weighted by atomic mass is 16.5. The Morgan fingerprint density at radius 3 is 2.90 bits per heavy atom. The summed E-state index contributed by atoms with van der Waals surface area (Å²) < 4.78 is 4.53. The molecular weight excluding hydrogens is 132 g/mol. The van der Waals surface area contributed by atoms with Crippen molar-refractivity contribution >= 4 is 5.97 Å². The highest BCUT2D eigenvalue weighted by Crippen LogP contribution is 2.04. The van der Waals surface area contributed by atoms with Crippen LogP contribution in [0.2, 0.25) is 0 Å². The molecule has 0 amide bonds. The number of esters is 1. The van der Waals surface area contributed by atoms with Crippen LogP contribution in [-0.2, 0) is 9.53 Å². The number of hydrogen-bond acceptors (Lipinski definition) is 4. The van der Waals surface area contributed by atoms with Gasteiger partial charge in [0.15, 0.2) is 0 Å². The smallest absolute Gasteiger partial charge is 0.322 e. The molecule has 4 heteroatoms. The van der Waals surface area contributed by atoms with Crippen LogP contribution in [0, 0.1) is 0 Å². The molecule has 0 aliphatic carbocycles. The lowest BCUT2D eigenvalue weighted by Gasteiger charge is -2.05. The van der Waals surface area contributed by atoms with E-state index in [1.165, 1.54) is 7.11 Å². The molecule has 0 aromatic heterocycles. The molecule has 3 N–H and O–H groups in total. The first-order valence-electron chi connectivity index (χ1n) is 3.31. The minimum Gasteiger partial charge on any atom is -0.468 e. The molecular formula is C6H12N2O2. The fraction of sp³-hybridized carbons (Fsp3) is 0.833. The summed E-state index contributed by atoms with van der Waals surface area (Å²) in [6.45, 7) is 0.708. The van der Waals surface area contributed by atoms with Crippen LogP contribution in [0.3, 0.4) is 0 Å². The molecule has 58 valence electrons. The summed E-state index contributed by atoms with van der Waals surface area (Å²) in [5, 5.41) is 2.96. The average Bonchev–Trinajstić information content (AvgIpc) is 2.34. The van der Waals surface area contributed by atoms with Gasteiger partial charge in [0.1, 0.15) is 6.04 Å². The van der Waals surface area contributed by atoms with Crippen molar-refractivity contribution in [2.45, 2.75) is 18.5 Å². The Bertz CT molecular complexity index is 138. The zero-order chi connectivity index (χ0) is 7.56. The van der Waals surface area contributed by atoms with Gasteiger partial charge >= 0.3 is 5.97 Å². The van der Waals surface area contributed by atoms with Crippen molar-refractivity contribution in [3.63, 3.8) is 0 Å². The van der Waals surface area contributed by atoms with Crippen molar-refractivity contribution in [2.75, 3.05) is 13.7 Å². The average molecular weight is 144 g/mol. The van der Waals surface area contributed by atoms with E-state index in [4.69, 9.17) is 5.73 Å². The van der Waals surface area contributed by atoms with Gasteiger partial charge in [0.2, 0.25) is 0 Å². The Balaban J connectivity index is 2.37. The van der Waals surface area contributed by atoms with Crippen LogP contribution in [0.25, 0.3) is 0 Å². The molecule has 1 aliphatic heterocycles. The van der Waals surface area contributed by atoms with Gasteiger partial charge in [-0.15, -0.1) is 0 Å². The van der Waals surface area contributed by atoms with E-state index in [2.05, 4.69) is 10.1 Å². The Labute approximate surface area is 59.7 Å². The SMILES string of the molecule is COC(=O)C1C[C@@H](N)CN1. The molecule has 0 spiro atoms. The van der Waals surface area contributed by atoms with E-state index in [9.17, 15) is 4.79 Å². The van der Waals surface area contributed by atoms with Crippen LogP contribution in [0.1, 0.15) is 6.42 Å². The Morgan fingerprint density at radius 2 is 2.50 bits per heavy atom. The van der Waals surface area contributed by atoms with Gasteiger partial charge < -0.3 is 15.8 Å². The second-order valence-corrected chi connectivity index (χ2v) is 2.48. The van der Waals surface area contributed by atoms with Gasteiger partial charge in [-0.2, -0.15) is 0 Å². The third-order valence-corrected chi connectivity index (χ3v) is 1.65. The molecule has 1 unspecified atom stereocenters. The molecule has 0 saturated carbocycles. The Kier molecular flexibility index (Phi) is 2.24. The Morgan fingerprint density at radius 1 is 1.80 bits per heavy atom. The van der Waals surface area contributed by atoms with Crippen molar-refractivity contribution in [3.8, 4) is 0 Å². The maximum Gasteiger partial charge on any atom is 0.322 e. The van der Waals surface area contributed by atoms with Gasteiger partial charge in [0.25, 0.3) is 0 Å². The van der Waals surface area contributed by atoms with Gasteiger partial charge in [0, 0.05) is 12.6 Å². The normalized spacial score (nSPS) is 32.2. The zero-order valence-corrected chi connectivity index (χ0v) is 5.96. The van der Waals surface area contributed by atoms with Gasteiger partial charge in [0.05, 0.1) is 7.11 Å². The number of nitrogens with two attached hydrogens (primary N) is 1. The van der Waals surface area contributed by atoms with Crippen LogP contribution in [-0.4, -0.2) is 31.7 Å². The predicted octanol–water partition coefficient (Wildman–Crippen LogP) is -1.15. The molecule has 0 radical (unpaired) electrons. The maximum atomic E-state index is 10.8. The largest absolute Gasteiger partial charge is 0.468 e. The molecule has 0 bridgehead atoms. The van der Waals surface area contributed by atoms with E-state index in [0.717, 1.165) is 0 Å². The second-order valence-electron chi connectivity index (χ2n) is 2.48. The maximum absolute atomic E-state index is 10.8. The number of nitrogens with one attached hydrogen (secondary N) is 1. The van der Waals surface area contributed by atoms with E-state index < -0.39 is 0 Å². The van der Waals surface area contributed by atoms with Crippen LogP contribution in [0.4, 0.5) is 0 Å². The summed E-state index contributed by atoms with van der Waals surface area (Å²) in [4.78, 5) is 10.8. The standard InChI is InChI=1S/C6H12N2O2/c1-10-6(9)5-2-4(7)3-8-5/h4-5,8H,2-3,7H2,1H3/t4-,5?/m1/s1. The number of hydrogen-bond donors (Lipinski definition) is 2. The molecule has 4 nitrogen and oxygen atoms in total. The van der Waals surface area contributed by atoms with Crippen LogP contribution in [0.5, 0.6) is 0 Å². The third kappa shape index (κ3) is 1.46. The third-order valence-electron chi connectivity index (χ3n) is 1.65. The fourth-order valence-corrected chi connectivity index (χ4v) is 1.08. The molecule has 0 aromatic carbocycles. The van der Waals surface area contributed by atoms with Crippen LogP contribution < -0.4 is 11.1 Å². The molecule has 10 heavy (non-hydrogen) atoms. The summed E-state index contributed by atoms with van der Waals surface area (Å²) in [6, 6.07) is -0.0795. The topological polar surface area (TPSA) is 64.3 Å². The lowest BCUT2D eigenvalue weighted by atomic mass is 10.2. The monoisotopic (exact) mass is 144 g/mol. The quantitative estimate of drug-likeness (QED) is 0.456. The number of carbonyl (C=O) groups excluding carboxylic acids is 1. The van der Waals surface area contributed by atoms with Gasteiger partial charge in [-0.05, 0) is 6.42 Å². The van der Waals surface area contributed by atoms with E-state index in [0.29, 0.717) is 13.0 Å². The fourth-order valence-electron chi connectivity index (χ4n) is 1.08. The van der Waals surface area contributed by atoms with E-state index in [1.807, 2.05) is 0 Å². The van der Waals surface area contributed by atoms with Crippen molar-refractivity contribution in [3.05, 3.63) is 0 Å². The van der Waals surface area contributed by atoms with Crippen LogP contribution >= 0.6 is 0 Å². The summed E-state index contributed by atoms with van der Waals surface area (Å²) in [5.74, 6) is -0.215. The number of methoxy groups -OCH3 is 1. The molecule has 2 atom stereocenters. The van der Waals surface area contributed by atoms with Crippen molar-refractivity contribution in [2.24, 2.45) is 5.73 Å². The first kappa shape index (κ1) is 7.50. The minimum absolute atomic E-state index is 0.101. The molecule has 1 heterocycles. The number of rotatable bonds is 1.